The summed E-state index contributed by atoms with van der Waals surface area (Å²) >= 11 is 0. The quantitative estimate of drug-likeness (QED) is 0.804. The molecule has 2 aromatic rings. The number of hydrogen-bond acceptors (Lipinski definition) is 5. The smallest absolute Gasteiger partial charge is 0.227 e. The number of phenolic OH excluding ortho intramolecular Hbond substituents is 1. The van der Waals surface area contributed by atoms with Crippen molar-refractivity contribution in [2.24, 2.45) is 0 Å². The lowest BCUT2D eigenvalue weighted by Crippen LogP contribution is -2.78. The Morgan fingerprint density at radius 1 is 1.00 bits per heavy atom. The average molecular weight is 408 g/mol. The van der Waals surface area contributed by atoms with Crippen molar-refractivity contribution >= 4 is 5.91 Å². The van der Waals surface area contributed by atoms with Gasteiger partial charge in [0.2, 0.25) is 5.91 Å². The van der Waals surface area contributed by atoms with Crippen LogP contribution in [0.5, 0.6) is 5.75 Å². The number of hydrogen-bond donors (Lipinski definition) is 2. The van der Waals surface area contributed by atoms with Crippen molar-refractivity contribution in [2.75, 3.05) is 32.7 Å². The number of phenols is 1. The van der Waals surface area contributed by atoms with Gasteiger partial charge in [-0.25, -0.2) is 0 Å². The first kappa shape index (κ1) is 19.5. The number of rotatable bonds is 4. The third-order valence-electron chi connectivity index (χ3n) is 6.89. The van der Waals surface area contributed by atoms with Gasteiger partial charge in [-0.3, -0.25) is 14.6 Å². The maximum absolute atomic E-state index is 13.1. The zero-order valence-electron chi connectivity index (χ0n) is 17.2. The lowest BCUT2D eigenvalue weighted by Gasteiger charge is -2.61. The van der Waals surface area contributed by atoms with Crippen LogP contribution in [0.2, 0.25) is 0 Å². The summed E-state index contributed by atoms with van der Waals surface area (Å²) in [5.74, 6) is 0.497. The first-order valence-corrected chi connectivity index (χ1v) is 10.8. The van der Waals surface area contributed by atoms with Crippen molar-refractivity contribution in [3.63, 3.8) is 0 Å². The number of β-amino-alcohol motifs (C(OH)–C–C–N with tert-alkyl or cyclic N) is 1. The lowest BCUT2D eigenvalue weighted by atomic mass is 9.83. The summed E-state index contributed by atoms with van der Waals surface area (Å²) in [6.45, 7) is 4.49. The number of para-hydroxylation sites is 1. The fourth-order valence-corrected chi connectivity index (χ4v) is 5.55. The molecule has 158 valence electrons. The monoisotopic (exact) mass is 407 g/mol. The van der Waals surface area contributed by atoms with Crippen molar-refractivity contribution < 1.29 is 15.0 Å². The van der Waals surface area contributed by atoms with Gasteiger partial charge in [-0.1, -0.05) is 48.5 Å². The first-order chi connectivity index (χ1) is 14.5. The highest BCUT2D eigenvalue weighted by Gasteiger charge is 2.56. The second-order valence-corrected chi connectivity index (χ2v) is 9.13. The molecular formula is C24H29N3O3. The lowest BCUT2D eigenvalue weighted by molar-refractivity contribution is -0.150. The molecule has 6 nitrogen and oxygen atoms in total. The summed E-state index contributed by atoms with van der Waals surface area (Å²) in [6.07, 6.45) is 0.840. The van der Waals surface area contributed by atoms with Crippen LogP contribution in [0.1, 0.15) is 17.5 Å². The van der Waals surface area contributed by atoms with E-state index in [4.69, 9.17) is 0 Å². The number of aliphatic hydroxyl groups is 1. The van der Waals surface area contributed by atoms with Gasteiger partial charge in [-0.15, -0.1) is 0 Å². The van der Waals surface area contributed by atoms with Gasteiger partial charge in [-0.05, 0) is 18.1 Å². The molecule has 2 aromatic carbocycles. The molecule has 0 aromatic heterocycles. The molecule has 3 aliphatic heterocycles. The van der Waals surface area contributed by atoms with E-state index in [2.05, 4.69) is 9.80 Å². The van der Waals surface area contributed by atoms with Gasteiger partial charge < -0.3 is 15.1 Å². The van der Waals surface area contributed by atoms with Crippen LogP contribution < -0.4 is 0 Å². The summed E-state index contributed by atoms with van der Waals surface area (Å²) in [5, 5.41) is 20.4. The van der Waals surface area contributed by atoms with E-state index in [9.17, 15) is 15.0 Å². The van der Waals surface area contributed by atoms with Gasteiger partial charge in [0.05, 0.1) is 18.1 Å². The molecule has 2 N–H and O–H groups in total. The minimum absolute atomic E-state index is 0.100. The highest BCUT2D eigenvalue weighted by Crippen LogP contribution is 2.40. The van der Waals surface area contributed by atoms with Crippen molar-refractivity contribution in [1.29, 1.82) is 0 Å². The van der Waals surface area contributed by atoms with Gasteiger partial charge in [-0.2, -0.15) is 0 Å². The summed E-state index contributed by atoms with van der Waals surface area (Å²) in [5.41, 5.74) is 1.87. The summed E-state index contributed by atoms with van der Waals surface area (Å²) < 4.78 is 0. The second-order valence-electron chi connectivity index (χ2n) is 9.13. The van der Waals surface area contributed by atoms with Crippen molar-refractivity contribution in [2.45, 2.75) is 37.1 Å². The van der Waals surface area contributed by atoms with E-state index in [0.29, 0.717) is 38.3 Å². The van der Waals surface area contributed by atoms with Crippen LogP contribution >= 0.6 is 0 Å². The molecule has 0 bridgehead atoms. The SMILES string of the molecule is O=C(Cc1ccccc1)N1CC2CC(O)CN2C2(CN(Cc3ccccc3O)C2)C1. The first-order valence-electron chi connectivity index (χ1n) is 10.8. The number of benzene rings is 2. The molecular weight excluding hydrogens is 378 g/mol. The molecule has 3 aliphatic rings. The maximum atomic E-state index is 13.1. The topological polar surface area (TPSA) is 67.3 Å². The summed E-state index contributed by atoms with van der Waals surface area (Å²) in [4.78, 5) is 19.9. The normalized spacial score (nSPS) is 25.8. The molecule has 3 fully saturated rings. The third kappa shape index (κ3) is 3.60. The number of aliphatic hydroxyl groups excluding tert-OH is 1. The number of carbonyl (C=O) groups excluding carboxylic acids is 1. The number of amides is 1. The Bertz CT molecular complexity index is 913. The van der Waals surface area contributed by atoms with Crippen LogP contribution in [0.25, 0.3) is 0 Å². The highest BCUT2D eigenvalue weighted by molar-refractivity contribution is 5.79. The molecule has 0 saturated carbocycles. The van der Waals surface area contributed by atoms with Crippen molar-refractivity contribution in [1.82, 2.24) is 14.7 Å². The van der Waals surface area contributed by atoms with Crippen LogP contribution in [-0.4, -0.2) is 81.2 Å². The van der Waals surface area contributed by atoms with Crippen LogP contribution in [0, 0.1) is 0 Å². The minimum atomic E-state index is -0.316. The zero-order valence-corrected chi connectivity index (χ0v) is 17.2. The number of piperazine rings is 1. The molecule has 3 saturated heterocycles. The predicted molar refractivity (Wildman–Crippen MR) is 114 cm³/mol. The largest absolute Gasteiger partial charge is 0.508 e. The Labute approximate surface area is 177 Å². The Morgan fingerprint density at radius 3 is 2.50 bits per heavy atom. The van der Waals surface area contributed by atoms with E-state index >= 15 is 0 Å². The molecule has 1 spiro atoms. The van der Waals surface area contributed by atoms with E-state index in [0.717, 1.165) is 30.6 Å². The molecule has 2 unspecified atom stereocenters. The van der Waals surface area contributed by atoms with Crippen molar-refractivity contribution in [3.8, 4) is 5.75 Å². The van der Waals surface area contributed by atoms with Gasteiger partial charge in [0, 0.05) is 50.9 Å². The van der Waals surface area contributed by atoms with Crippen molar-refractivity contribution in [3.05, 3.63) is 65.7 Å². The fraction of sp³-hybridized carbons (Fsp3) is 0.458. The summed E-state index contributed by atoms with van der Waals surface area (Å²) in [7, 11) is 0. The molecule has 6 heteroatoms. The Balaban J connectivity index is 1.30. The second kappa shape index (κ2) is 7.69. The van der Waals surface area contributed by atoms with Crippen LogP contribution in [0.4, 0.5) is 0 Å². The Morgan fingerprint density at radius 2 is 1.73 bits per heavy atom. The molecule has 5 rings (SSSR count). The number of fused-ring (bicyclic) bond motifs is 2. The number of aromatic hydroxyl groups is 1. The maximum Gasteiger partial charge on any atom is 0.227 e. The average Bonchev–Trinajstić information content (AvgIpc) is 3.09. The van der Waals surface area contributed by atoms with Crippen LogP contribution in [-0.2, 0) is 17.8 Å². The third-order valence-corrected chi connectivity index (χ3v) is 6.89. The molecule has 1 amide bonds. The van der Waals surface area contributed by atoms with Gasteiger partial charge in [0.1, 0.15) is 5.75 Å². The fourth-order valence-electron chi connectivity index (χ4n) is 5.55. The standard InChI is InChI=1S/C24H29N3O3/c28-21-11-20-13-26(23(30)10-18-6-2-1-3-7-18)17-24(27(20)14-21)15-25(16-24)12-19-8-4-5-9-22(19)29/h1-9,20-21,28-29H,10-17H2. The zero-order chi connectivity index (χ0) is 20.7. The van der Waals surface area contributed by atoms with Gasteiger partial charge in [0.25, 0.3) is 0 Å². The van der Waals surface area contributed by atoms with E-state index in [1.807, 2.05) is 53.4 Å². The number of carbonyl (C=O) groups is 1. The van der Waals surface area contributed by atoms with E-state index in [-0.39, 0.29) is 23.6 Å². The van der Waals surface area contributed by atoms with Crippen LogP contribution in [0.15, 0.2) is 54.6 Å². The Hall–Kier alpha value is -2.41. The van der Waals surface area contributed by atoms with E-state index in [1.54, 1.807) is 6.07 Å². The molecule has 30 heavy (non-hydrogen) atoms. The molecule has 0 aliphatic carbocycles. The Kier molecular flexibility index (Phi) is 5.01. The minimum Gasteiger partial charge on any atom is -0.508 e. The summed E-state index contributed by atoms with van der Waals surface area (Å²) in [6, 6.07) is 17.6. The molecule has 2 atom stereocenters. The predicted octanol–water partition coefficient (Wildman–Crippen LogP) is 1.47. The molecule has 3 heterocycles. The van der Waals surface area contributed by atoms with Crippen LogP contribution in [0.3, 0.4) is 0 Å². The van der Waals surface area contributed by atoms with E-state index in [1.165, 1.54) is 0 Å². The number of likely N-dealkylation sites (tertiary alicyclic amines) is 1. The number of nitrogens with zero attached hydrogens (tertiary/aromatic N) is 3. The molecule has 0 radical (unpaired) electrons. The van der Waals surface area contributed by atoms with Gasteiger partial charge in [0.15, 0.2) is 0 Å². The highest BCUT2D eigenvalue weighted by atomic mass is 16.3. The van der Waals surface area contributed by atoms with E-state index < -0.39 is 0 Å². The van der Waals surface area contributed by atoms with Gasteiger partial charge >= 0.3 is 0 Å².